The van der Waals surface area contributed by atoms with Crippen LogP contribution in [0.3, 0.4) is 0 Å². The van der Waals surface area contributed by atoms with E-state index in [9.17, 15) is 4.79 Å². The minimum Gasteiger partial charge on any atom is -0.475 e. The Morgan fingerprint density at radius 2 is 1.93 bits per heavy atom. The molecule has 1 unspecified atom stereocenters. The summed E-state index contributed by atoms with van der Waals surface area (Å²) in [4.78, 5) is 24.6. The molecule has 1 fully saturated rings. The topological polar surface area (TPSA) is 67.4 Å². The van der Waals surface area contributed by atoms with Crippen molar-refractivity contribution in [3.8, 4) is 5.88 Å². The van der Waals surface area contributed by atoms with Gasteiger partial charge in [0.25, 0.3) is 5.88 Å². The largest absolute Gasteiger partial charge is 0.475 e. The number of ether oxygens (including phenoxy) is 1. The molecule has 1 amide bonds. The van der Waals surface area contributed by atoms with E-state index >= 15 is 0 Å². The molecule has 1 aliphatic rings. The third kappa shape index (κ3) is 4.22. The number of rotatable bonds is 5. The molecule has 4 rings (SSSR count). The third-order valence-electron chi connectivity index (χ3n) is 5.53. The molecule has 1 saturated heterocycles. The van der Waals surface area contributed by atoms with Crippen LogP contribution in [0, 0.1) is 19.8 Å². The molecule has 2 heterocycles. The van der Waals surface area contributed by atoms with Gasteiger partial charge >= 0.3 is 0 Å². The minimum absolute atomic E-state index is 0.0540. The zero-order valence-electron chi connectivity index (χ0n) is 17.8. The van der Waals surface area contributed by atoms with Gasteiger partial charge in [0.15, 0.2) is 5.82 Å². The summed E-state index contributed by atoms with van der Waals surface area (Å²) in [6.07, 6.45) is 1.78. The van der Waals surface area contributed by atoms with E-state index in [1.807, 2.05) is 50.2 Å². The van der Waals surface area contributed by atoms with Crippen molar-refractivity contribution in [1.29, 1.82) is 0 Å². The first kappa shape index (κ1) is 20.1. The first-order valence-corrected chi connectivity index (χ1v) is 10.6. The average molecular weight is 405 g/mol. The number of hydrogen-bond donors (Lipinski definition) is 1. The number of anilines is 2. The number of piperidine rings is 1. The summed E-state index contributed by atoms with van der Waals surface area (Å²) >= 11 is 0. The summed E-state index contributed by atoms with van der Waals surface area (Å²) < 4.78 is 5.80. The summed E-state index contributed by atoms with van der Waals surface area (Å²) in [6.45, 7) is 7.97. The molecule has 156 valence electrons. The number of aromatic nitrogens is 2. The number of benzene rings is 2. The Labute approximate surface area is 177 Å². The van der Waals surface area contributed by atoms with Gasteiger partial charge in [-0.25, -0.2) is 9.97 Å². The number of carbonyl (C=O) groups excluding carboxylic acids is 1. The highest BCUT2D eigenvalue weighted by Crippen LogP contribution is 2.31. The molecule has 1 N–H and O–H groups in total. The fourth-order valence-electron chi connectivity index (χ4n) is 3.99. The van der Waals surface area contributed by atoms with E-state index < -0.39 is 0 Å². The van der Waals surface area contributed by atoms with Gasteiger partial charge < -0.3 is 15.0 Å². The van der Waals surface area contributed by atoms with Crippen LogP contribution in [0.15, 0.2) is 42.5 Å². The van der Waals surface area contributed by atoms with Gasteiger partial charge in [-0.2, -0.15) is 0 Å². The molecule has 0 aliphatic carbocycles. The Morgan fingerprint density at radius 1 is 1.17 bits per heavy atom. The van der Waals surface area contributed by atoms with E-state index in [4.69, 9.17) is 9.72 Å². The maximum Gasteiger partial charge on any atom is 0.258 e. The Balaban J connectivity index is 1.56. The highest BCUT2D eigenvalue weighted by Gasteiger charge is 2.29. The molecule has 6 heteroatoms. The molecular weight excluding hydrogens is 376 g/mol. The molecule has 6 nitrogen and oxygen atoms in total. The lowest BCUT2D eigenvalue weighted by Gasteiger charge is -2.33. The van der Waals surface area contributed by atoms with Crippen molar-refractivity contribution in [3.63, 3.8) is 0 Å². The van der Waals surface area contributed by atoms with E-state index in [1.165, 1.54) is 5.56 Å². The molecule has 1 aliphatic heterocycles. The van der Waals surface area contributed by atoms with Gasteiger partial charge in [0.05, 0.1) is 23.6 Å². The molecule has 1 aromatic heterocycles. The van der Waals surface area contributed by atoms with Crippen molar-refractivity contribution in [1.82, 2.24) is 9.97 Å². The Kier molecular flexibility index (Phi) is 5.84. The zero-order valence-corrected chi connectivity index (χ0v) is 17.8. The van der Waals surface area contributed by atoms with Crippen LogP contribution < -0.4 is 15.0 Å². The zero-order chi connectivity index (χ0) is 21.1. The van der Waals surface area contributed by atoms with Crippen LogP contribution in [0.25, 0.3) is 11.0 Å². The van der Waals surface area contributed by atoms with Crippen LogP contribution in [0.4, 0.5) is 11.5 Å². The van der Waals surface area contributed by atoms with E-state index in [-0.39, 0.29) is 11.8 Å². The van der Waals surface area contributed by atoms with E-state index in [1.54, 1.807) is 0 Å². The summed E-state index contributed by atoms with van der Waals surface area (Å²) in [7, 11) is 0. The summed E-state index contributed by atoms with van der Waals surface area (Å²) in [5, 5.41) is 3.12. The number of nitrogens with zero attached hydrogens (tertiary/aromatic N) is 3. The lowest BCUT2D eigenvalue weighted by Crippen LogP contribution is -2.41. The molecule has 2 aromatic carbocycles. The maximum absolute atomic E-state index is 13.0. The van der Waals surface area contributed by atoms with Crippen LogP contribution in [-0.2, 0) is 4.79 Å². The highest BCUT2D eigenvalue weighted by molar-refractivity contribution is 5.93. The summed E-state index contributed by atoms with van der Waals surface area (Å²) in [6, 6.07) is 13.9. The highest BCUT2D eigenvalue weighted by atomic mass is 16.5. The van der Waals surface area contributed by atoms with Gasteiger partial charge in [0, 0.05) is 18.8 Å². The molecular formula is C24H28N4O2. The molecule has 30 heavy (non-hydrogen) atoms. The van der Waals surface area contributed by atoms with Crippen LogP contribution in [0.2, 0.25) is 0 Å². The number of para-hydroxylation sites is 2. The molecule has 0 saturated carbocycles. The lowest BCUT2D eigenvalue weighted by molar-refractivity contribution is -0.120. The molecule has 0 radical (unpaired) electrons. The fraction of sp³-hybridized carbons (Fsp3) is 0.375. The SMILES string of the molecule is CCOc1nc2ccccc2nc1N1CCCC(C(=O)Nc2ccc(C)cc2C)C1. The monoisotopic (exact) mass is 404 g/mol. The first-order valence-electron chi connectivity index (χ1n) is 10.6. The van der Waals surface area contributed by atoms with E-state index in [0.29, 0.717) is 19.0 Å². The van der Waals surface area contributed by atoms with Crippen LogP contribution in [0.1, 0.15) is 30.9 Å². The van der Waals surface area contributed by atoms with Gasteiger partial charge in [-0.15, -0.1) is 0 Å². The second-order valence-corrected chi connectivity index (χ2v) is 7.87. The van der Waals surface area contributed by atoms with Gasteiger partial charge in [0.2, 0.25) is 5.91 Å². The molecule has 0 bridgehead atoms. The maximum atomic E-state index is 13.0. The number of hydrogen-bond acceptors (Lipinski definition) is 5. The van der Waals surface area contributed by atoms with Crippen molar-refractivity contribution in [2.45, 2.75) is 33.6 Å². The number of amides is 1. The fourth-order valence-corrected chi connectivity index (χ4v) is 3.99. The molecule has 0 spiro atoms. The van der Waals surface area contributed by atoms with Gasteiger partial charge in [-0.05, 0) is 57.4 Å². The van der Waals surface area contributed by atoms with Gasteiger partial charge in [0.1, 0.15) is 0 Å². The van der Waals surface area contributed by atoms with Crippen molar-refractivity contribution >= 4 is 28.4 Å². The van der Waals surface area contributed by atoms with Crippen LogP contribution >= 0.6 is 0 Å². The van der Waals surface area contributed by atoms with Crippen molar-refractivity contribution in [2.75, 3.05) is 29.9 Å². The Bertz CT molecular complexity index is 1070. The van der Waals surface area contributed by atoms with Crippen LogP contribution in [-0.4, -0.2) is 35.6 Å². The lowest BCUT2D eigenvalue weighted by atomic mass is 9.96. The first-order chi connectivity index (χ1) is 14.5. The van der Waals surface area contributed by atoms with Crippen molar-refractivity contribution < 1.29 is 9.53 Å². The van der Waals surface area contributed by atoms with Gasteiger partial charge in [-0.1, -0.05) is 29.8 Å². The van der Waals surface area contributed by atoms with Crippen LogP contribution in [0.5, 0.6) is 5.88 Å². The number of carbonyl (C=O) groups is 1. The third-order valence-corrected chi connectivity index (χ3v) is 5.53. The number of aryl methyl sites for hydroxylation is 2. The summed E-state index contributed by atoms with van der Waals surface area (Å²) in [5.41, 5.74) is 4.79. The minimum atomic E-state index is -0.109. The summed E-state index contributed by atoms with van der Waals surface area (Å²) in [5.74, 6) is 1.20. The number of fused-ring (bicyclic) bond motifs is 1. The average Bonchev–Trinajstić information content (AvgIpc) is 2.75. The number of nitrogens with one attached hydrogen (secondary N) is 1. The molecule has 1 atom stereocenters. The standard InChI is InChI=1S/C24H28N4O2/c1-4-30-24-22(25-20-9-5-6-10-21(20)27-24)28-13-7-8-18(15-28)23(29)26-19-12-11-16(2)14-17(19)3/h5-6,9-12,14,18H,4,7-8,13,15H2,1-3H3,(H,26,29). The molecule has 3 aromatic rings. The Morgan fingerprint density at radius 3 is 2.67 bits per heavy atom. The predicted octanol–water partition coefficient (Wildman–Crippen LogP) is 4.50. The predicted molar refractivity (Wildman–Crippen MR) is 120 cm³/mol. The van der Waals surface area contributed by atoms with Crippen molar-refractivity contribution in [3.05, 3.63) is 53.6 Å². The second-order valence-electron chi connectivity index (χ2n) is 7.87. The smallest absolute Gasteiger partial charge is 0.258 e. The quantitative estimate of drug-likeness (QED) is 0.678. The van der Waals surface area contributed by atoms with Gasteiger partial charge in [-0.3, -0.25) is 4.79 Å². The normalized spacial score (nSPS) is 16.5. The van der Waals surface area contributed by atoms with E-state index in [2.05, 4.69) is 28.2 Å². The Hall–Kier alpha value is -3.15. The van der Waals surface area contributed by atoms with E-state index in [0.717, 1.165) is 47.5 Å². The second kappa shape index (κ2) is 8.69. The van der Waals surface area contributed by atoms with Crippen molar-refractivity contribution in [2.24, 2.45) is 5.92 Å².